The lowest BCUT2D eigenvalue weighted by atomic mass is 9.80. The minimum Gasteiger partial charge on any atom is -0.460 e. The van der Waals surface area contributed by atoms with Crippen molar-refractivity contribution in [3.8, 4) is 0 Å². The van der Waals surface area contributed by atoms with E-state index in [4.69, 9.17) is 9.47 Å². The molecule has 0 radical (unpaired) electrons. The number of hydrogen-bond donors (Lipinski definition) is 0. The van der Waals surface area contributed by atoms with Gasteiger partial charge in [-0.1, -0.05) is 18.7 Å². The van der Waals surface area contributed by atoms with Crippen molar-refractivity contribution in [1.29, 1.82) is 0 Å². The summed E-state index contributed by atoms with van der Waals surface area (Å²) in [7, 11) is 0. The number of carbonyl (C=O) groups excluding carboxylic acids is 1. The molecule has 3 heteroatoms. The van der Waals surface area contributed by atoms with Gasteiger partial charge in [-0.15, -0.1) is 0 Å². The van der Waals surface area contributed by atoms with Gasteiger partial charge in [-0.2, -0.15) is 0 Å². The highest BCUT2D eigenvalue weighted by atomic mass is 16.6. The molecule has 2 bridgehead atoms. The van der Waals surface area contributed by atoms with Gasteiger partial charge in [0.15, 0.2) is 0 Å². The number of fused-ring (bicyclic) bond motifs is 5. The Labute approximate surface area is 114 Å². The summed E-state index contributed by atoms with van der Waals surface area (Å²) in [6.07, 6.45) is 8.89. The average molecular weight is 262 g/mol. The lowest BCUT2D eigenvalue weighted by Crippen LogP contribution is -2.31. The van der Waals surface area contributed by atoms with Crippen LogP contribution < -0.4 is 0 Å². The molecule has 2 fully saturated rings. The molecule has 0 N–H and O–H groups in total. The van der Waals surface area contributed by atoms with Gasteiger partial charge < -0.3 is 9.47 Å². The SMILES string of the molecule is C=C(C)C(=O)OCCO[C@H]1C[C@@H]2C[C@H]1[C@@H]1CC=C[C@H]21. The van der Waals surface area contributed by atoms with Gasteiger partial charge in [0.1, 0.15) is 6.61 Å². The minimum atomic E-state index is -0.323. The highest BCUT2D eigenvalue weighted by Crippen LogP contribution is 2.57. The van der Waals surface area contributed by atoms with E-state index in [2.05, 4.69) is 18.7 Å². The van der Waals surface area contributed by atoms with Crippen molar-refractivity contribution in [2.45, 2.75) is 32.3 Å². The number of esters is 1. The van der Waals surface area contributed by atoms with Crippen molar-refractivity contribution in [3.05, 3.63) is 24.3 Å². The zero-order chi connectivity index (χ0) is 13.4. The van der Waals surface area contributed by atoms with Crippen molar-refractivity contribution in [2.75, 3.05) is 13.2 Å². The molecule has 3 aliphatic carbocycles. The van der Waals surface area contributed by atoms with Crippen LogP contribution in [0.5, 0.6) is 0 Å². The second kappa shape index (κ2) is 5.12. The van der Waals surface area contributed by atoms with Crippen molar-refractivity contribution in [1.82, 2.24) is 0 Å². The molecule has 0 saturated heterocycles. The average Bonchev–Trinajstić information content (AvgIpc) is 3.05. The van der Waals surface area contributed by atoms with Crippen molar-refractivity contribution in [2.24, 2.45) is 23.7 Å². The Bertz CT molecular complexity index is 412. The van der Waals surface area contributed by atoms with Gasteiger partial charge >= 0.3 is 5.97 Å². The standard InChI is InChI=1S/C16H22O3/c1-10(2)16(17)19-7-6-18-15-9-11-8-14(15)13-5-3-4-12(11)13/h3-4,11-15H,1,5-9H2,2H3/t11-,12+,13+,14-,15-/m0/s1. The zero-order valence-corrected chi connectivity index (χ0v) is 11.5. The van der Waals surface area contributed by atoms with Crippen LogP contribution in [0.15, 0.2) is 24.3 Å². The lowest BCUT2D eigenvalue weighted by molar-refractivity contribution is -0.141. The molecule has 3 nitrogen and oxygen atoms in total. The molecule has 5 atom stereocenters. The summed E-state index contributed by atoms with van der Waals surface area (Å²) in [6.45, 7) is 6.07. The summed E-state index contributed by atoms with van der Waals surface area (Å²) in [4.78, 5) is 11.2. The van der Waals surface area contributed by atoms with Crippen LogP contribution in [0.1, 0.15) is 26.2 Å². The summed E-state index contributed by atoms with van der Waals surface area (Å²) in [5.41, 5.74) is 0.444. The van der Waals surface area contributed by atoms with Crippen molar-refractivity contribution >= 4 is 5.97 Å². The first-order valence-electron chi connectivity index (χ1n) is 7.27. The summed E-state index contributed by atoms with van der Waals surface area (Å²) in [6, 6.07) is 0. The predicted molar refractivity (Wildman–Crippen MR) is 72.5 cm³/mol. The molecule has 0 spiro atoms. The summed E-state index contributed by atoms with van der Waals surface area (Å²) < 4.78 is 11.0. The summed E-state index contributed by atoms with van der Waals surface area (Å²) >= 11 is 0. The maximum absolute atomic E-state index is 11.2. The fourth-order valence-corrected chi connectivity index (χ4v) is 4.14. The van der Waals surface area contributed by atoms with Crippen LogP contribution >= 0.6 is 0 Å². The normalized spacial score (nSPS) is 38.5. The van der Waals surface area contributed by atoms with Gasteiger partial charge in [-0.05, 0) is 49.9 Å². The molecule has 0 aromatic carbocycles. The number of allylic oxidation sites excluding steroid dienone is 2. The highest BCUT2D eigenvalue weighted by molar-refractivity contribution is 5.86. The van der Waals surface area contributed by atoms with Crippen molar-refractivity contribution < 1.29 is 14.3 Å². The highest BCUT2D eigenvalue weighted by Gasteiger charge is 2.52. The summed E-state index contributed by atoms with van der Waals surface area (Å²) in [5.74, 6) is 2.88. The second-order valence-electron chi connectivity index (χ2n) is 6.13. The Morgan fingerprint density at radius 1 is 1.32 bits per heavy atom. The zero-order valence-electron chi connectivity index (χ0n) is 11.5. The van der Waals surface area contributed by atoms with Gasteiger partial charge in [-0.3, -0.25) is 0 Å². The van der Waals surface area contributed by atoms with Gasteiger partial charge in [0, 0.05) is 5.57 Å². The van der Waals surface area contributed by atoms with Gasteiger partial charge in [0.25, 0.3) is 0 Å². The lowest BCUT2D eigenvalue weighted by Gasteiger charge is -2.31. The Kier molecular flexibility index (Phi) is 3.48. The molecule has 0 unspecified atom stereocenters. The first kappa shape index (κ1) is 12.9. The topological polar surface area (TPSA) is 35.5 Å². The Balaban J connectivity index is 1.41. The minimum absolute atomic E-state index is 0.323. The van der Waals surface area contributed by atoms with E-state index < -0.39 is 0 Å². The third-order valence-electron chi connectivity index (χ3n) is 4.94. The number of ether oxygens (including phenoxy) is 2. The van der Waals surface area contributed by atoms with Crippen molar-refractivity contribution in [3.63, 3.8) is 0 Å². The van der Waals surface area contributed by atoms with E-state index in [0.29, 0.717) is 24.9 Å². The van der Waals surface area contributed by atoms with Gasteiger partial charge in [-0.25, -0.2) is 4.79 Å². The molecule has 3 aliphatic rings. The van der Waals surface area contributed by atoms with Crippen LogP contribution in [-0.4, -0.2) is 25.3 Å². The monoisotopic (exact) mass is 262 g/mol. The smallest absolute Gasteiger partial charge is 0.333 e. The Morgan fingerprint density at radius 2 is 2.16 bits per heavy atom. The van der Waals surface area contributed by atoms with E-state index in [0.717, 1.165) is 23.7 Å². The molecular formula is C16H22O3. The third kappa shape index (κ3) is 2.36. The number of rotatable bonds is 5. The van der Waals surface area contributed by atoms with E-state index in [1.54, 1.807) is 6.92 Å². The van der Waals surface area contributed by atoms with E-state index in [1.807, 2.05) is 0 Å². The molecule has 0 amide bonds. The van der Waals surface area contributed by atoms with Crippen LogP contribution in [-0.2, 0) is 14.3 Å². The molecular weight excluding hydrogens is 240 g/mol. The van der Waals surface area contributed by atoms with Crippen LogP contribution in [0.25, 0.3) is 0 Å². The molecule has 0 heterocycles. The molecule has 2 saturated carbocycles. The third-order valence-corrected chi connectivity index (χ3v) is 4.94. The first-order chi connectivity index (χ1) is 9.16. The van der Waals surface area contributed by atoms with Gasteiger partial charge in [0.05, 0.1) is 12.7 Å². The van der Waals surface area contributed by atoms with Crippen LogP contribution in [0.3, 0.4) is 0 Å². The molecule has 3 rings (SSSR count). The molecule has 104 valence electrons. The maximum Gasteiger partial charge on any atom is 0.333 e. The second-order valence-corrected chi connectivity index (χ2v) is 6.13. The summed E-state index contributed by atoms with van der Waals surface area (Å²) in [5, 5.41) is 0. The largest absolute Gasteiger partial charge is 0.460 e. The van der Waals surface area contributed by atoms with Gasteiger partial charge in [0.2, 0.25) is 0 Å². The van der Waals surface area contributed by atoms with E-state index >= 15 is 0 Å². The predicted octanol–water partition coefficient (Wildman–Crippen LogP) is 2.72. The Hall–Kier alpha value is -1.09. The van der Waals surface area contributed by atoms with Crippen LogP contribution in [0.2, 0.25) is 0 Å². The molecule has 0 aromatic rings. The number of hydrogen-bond acceptors (Lipinski definition) is 3. The maximum atomic E-state index is 11.2. The Morgan fingerprint density at radius 3 is 2.95 bits per heavy atom. The molecule has 19 heavy (non-hydrogen) atoms. The fourth-order valence-electron chi connectivity index (χ4n) is 4.14. The van der Waals surface area contributed by atoms with Crippen LogP contribution in [0, 0.1) is 23.7 Å². The fraction of sp³-hybridized carbons (Fsp3) is 0.688. The quantitative estimate of drug-likeness (QED) is 0.331. The molecule has 0 aliphatic heterocycles. The van der Waals surface area contributed by atoms with E-state index in [-0.39, 0.29) is 5.97 Å². The van der Waals surface area contributed by atoms with E-state index in [1.165, 1.54) is 19.3 Å². The van der Waals surface area contributed by atoms with Crippen LogP contribution in [0.4, 0.5) is 0 Å². The molecule has 0 aromatic heterocycles. The first-order valence-corrected chi connectivity index (χ1v) is 7.27. The van der Waals surface area contributed by atoms with E-state index in [9.17, 15) is 4.79 Å². The number of carbonyl (C=O) groups is 1.